The average Bonchev–Trinajstić information content (AvgIpc) is 2.82. The lowest BCUT2D eigenvalue weighted by atomic mass is 10.0. The number of nitrogens with two attached hydrogens (primary N) is 1. The van der Waals surface area contributed by atoms with E-state index in [9.17, 15) is 0 Å². The van der Waals surface area contributed by atoms with E-state index < -0.39 is 0 Å². The number of nitrogens with zero attached hydrogens (tertiary/aromatic N) is 3. The lowest BCUT2D eigenvalue weighted by molar-refractivity contribution is 0.439. The third-order valence-corrected chi connectivity index (χ3v) is 2.88. The smallest absolute Gasteiger partial charge is 0.230 e. The zero-order chi connectivity index (χ0) is 13.2. The molecule has 3 rings (SSSR count). The van der Waals surface area contributed by atoms with Crippen molar-refractivity contribution in [2.75, 3.05) is 5.73 Å². The van der Waals surface area contributed by atoms with E-state index in [4.69, 9.17) is 10.3 Å². The van der Waals surface area contributed by atoms with Crippen molar-refractivity contribution in [1.29, 1.82) is 0 Å². The highest BCUT2D eigenvalue weighted by molar-refractivity contribution is 5.86. The summed E-state index contributed by atoms with van der Waals surface area (Å²) >= 11 is 0. The first-order chi connectivity index (χ1) is 9.25. The maximum atomic E-state index is 5.90. The minimum Gasteiger partial charge on any atom is -0.367 e. The van der Waals surface area contributed by atoms with Gasteiger partial charge in [-0.25, -0.2) is 0 Å². The Morgan fingerprint density at radius 1 is 1.11 bits per heavy atom. The predicted octanol–water partition coefficient (Wildman–Crippen LogP) is 2.69. The van der Waals surface area contributed by atoms with Crippen LogP contribution in [0.3, 0.4) is 0 Å². The Balaban J connectivity index is 2.20. The summed E-state index contributed by atoms with van der Waals surface area (Å²) < 4.78 is 5.12. The van der Waals surface area contributed by atoms with Gasteiger partial charge in [0.2, 0.25) is 5.88 Å². The van der Waals surface area contributed by atoms with Gasteiger partial charge in [0.05, 0.1) is 18.0 Å². The van der Waals surface area contributed by atoms with Crippen LogP contribution in [0.5, 0.6) is 0 Å². The van der Waals surface area contributed by atoms with Crippen LogP contribution in [-0.4, -0.2) is 15.4 Å². The normalized spacial score (nSPS) is 10.6. The Labute approximate surface area is 110 Å². The van der Waals surface area contributed by atoms with Crippen molar-refractivity contribution >= 4 is 5.88 Å². The lowest BCUT2D eigenvalue weighted by Crippen LogP contribution is -1.89. The number of nitrogen functional groups attached to an aromatic ring is 1. The van der Waals surface area contributed by atoms with Crippen LogP contribution in [0.4, 0.5) is 5.88 Å². The van der Waals surface area contributed by atoms with Gasteiger partial charge in [-0.2, -0.15) is 10.2 Å². The molecule has 5 heteroatoms. The first-order valence-electron chi connectivity index (χ1n) is 5.85. The second-order valence-corrected chi connectivity index (χ2v) is 4.27. The van der Waals surface area contributed by atoms with E-state index in [1.807, 2.05) is 37.3 Å². The molecule has 0 radical (unpaired) electrons. The maximum absolute atomic E-state index is 5.90. The van der Waals surface area contributed by atoms with E-state index in [1.165, 1.54) is 0 Å². The summed E-state index contributed by atoms with van der Waals surface area (Å²) in [6.45, 7) is 2.03. The van der Waals surface area contributed by atoms with Crippen LogP contribution >= 0.6 is 0 Å². The average molecular weight is 252 g/mol. The van der Waals surface area contributed by atoms with E-state index in [0.717, 1.165) is 22.3 Å². The van der Waals surface area contributed by atoms with Gasteiger partial charge in [0.25, 0.3) is 0 Å². The van der Waals surface area contributed by atoms with Gasteiger partial charge >= 0.3 is 0 Å². The van der Waals surface area contributed by atoms with Crippen molar-refractivity contribution in [3.63, 3.8) is 0 Å². The van der Waals surface area contributed by atoms with Gasteiger partial charge in [0, 0.05) is 5.56 Å². The van der Waals surface area contributed by atoms with E-state index in [2.05, 4.69) is 15.4 Å². The fraction of sp³-hybridized carbons (Fsp3) is 0.0714. The van der Waals surface area contributed by atoms with Gasteiger partial charge < -0.3 is 10.3 Å². The minimum absolute atomic E-state index is 0.303. The SMILES string of the molecule is Cc1cccc(-c2c(-c3ccnnc3)noc2N)c1. The molecule has 0 spiro atoms. The summed E-state index contributed by atoms with van der Waals surface area (Å²) in [5.74, 6) is 0.303. The molecule has 1 aromatic carbocycles. The molecule has 0 saturated carbocycles. The van der Waals surface area contributed by atoms with Gasteiger partial charge in [-0.05, 0) is 18.6 Å². The van der Waals surface area contributed by atoms with E-state index in [0.29, 0.717) is 11.6 Å². The number of anilines is 1. The second-order valence-electron chi connectivity index (χ2n) is 4.27. The van der Waals surface area contributed by atoms with Crippen LogP contribution in [-0.2, 0) is 0 Å². The fourth-order valence-electron chi connectivity index (χ4n) is 2.01. The Bertz CT molecular complexity index is 706. The molecule has 0 aliphatic carbocycles. The first-order valence-corrected chi connectivity index (χ1v) is 5.85. The molecule has 0 bridgehead atoms. The van der Waals surface area contributed by atoms with Crippen LogP contribution in [0.2, 0.25) is 0 Å². The van der Waals surface area contributed by atoms with Crippen molar-refractivity contribution in [2.45, 2.75) is 6.92 Å². The fourth-order valence-corrected chi connectivity index (χ4v) is 2.01. The maximum Gasteiger partial charge on any atom is 0.230 e. The van der Waals surface area contributed by atoms with Crippen molar-refractivity contribution in [3.8, 4) is 22.4 Å². The molecular weight excluding hydrogens is 240 g/mol. The summed E-state index contributed by atoms with van der Waals surface area (Å²) in [5.41, 5.74) is 10.3. The van der Waals surface area contributed by atoms with Crippen LogP contribution < -0.4 is 5.73 Å². The molecule has 2 N–H and O–H groups in total. The van der Waals surface area contributed by atoms with Gasteiger partial charge in [0.15, 0.2) is 0 Å². The van der Waals surface area contributed by atoms with Gasteiger partial charge in [-0.3, -0.25) is 0 Å². The van der Waals surface area contributed by atoms with Gasteiger partial charge in [-0.1, -0.05) is 35.0 Å². The Kier molecular flexibility index (Phi) is 2.72. The quantitative estimate of drug-likeness (QED) is 0.758. The number of rotatable bonds is 2. The zero-order valence-corrected chi connectivity index (χ0v) is 10.4. The molecule has 94 valence electrons. The largest absolute Gasteiger partial charge is 0.367 e. The third-order valence-electron chi connectivity index (χ3n) is 2.88. The second kappa shape index (κ2) is 4.53. The summed E-state index contributed by atoms with van der Waals surface area (Å²) in [7, 11) is 0. The molecule has 0 atom stereocenters. The van der Waals surface area contributed by atoms with E-state index >= 15 is 0 Å². The minimum atomic E-state index is 0.303. The Morgan fingerprint density at radius 3 is 2.74 bits per heavy atom. The zero-order valence-electron chi connectivity index (χ0n) is 10.4. The summed E-state index contributed by atoms with van der Waals surface area (Å²) in [4.78, 5) is 0. The van der Waals surface area contributed by atoms with Gasteiger partial charge in [0.1, 0.15) is 5.69 Å². The van der Waals surface area contributed by atoms with E-state index in [1.54, 1.807) is 12.4 Å². The Hall–Kier alpha value is -2.69. The molecule has 5 nitrogen and oxygen atoms in total. The molecule has 0 aliphatic rings. The number of aromatic nitrogens is 3. The first kappa shape index (κ1) is 11.4. The molecule has 2 heterocycles. The highest BCUT2D eigenvalue weighted by Gasteiger charge is 2.17. The number of benzene rings is 1. The molecule has 3 aromatic rings. The van der Waals surface area contributed by atoms with Crippen molar-refractivity contribution in [2.24, 2.45) is 0 Å². The van der Waals surface area contributed by atoms with E-state index in [-0.39, 0.29) is 0 Å². The predicted molar refractivity (Wildman–Crippen MR) is 72.1 cm³/mol. The Morgan fingerprint density at radius 2 is 2.00 bits per heavy atom. The van der Waals surface area contributed by atoms with Crippen LogP contribution in [0.1, 0.15) is 5.56 Å². The van der Waals surface area contributed by atoms with Crippen molar-refractivity contribution < 1.29 is 4.52 Å². The molecule has 0 fully saturated rings. The highest BCUT2D eigenvalue weighted by atomic mass is 16.5. The van der Waals surface area contributed by atoms with Crippen molar-refractivity contribution in [3.05, 3.63) is 48.3 Å². The highest BCUT2D eigenvalue weighted by Crippen LogP contribution is 2.35. The third kappa shape index (κ3) is 2.06. The van der Waals surface area contributed by atoms with Crippen LogP contribution in [0.25, 0.3) is 22.4 Å². The van der Waals surface area contributed by atoms with Crippen LogP contribution in [0, 0.1) is 6.92 Å². The molecule has 0 unspecified atom stereocenters. The summed E-state index contributed by atoms with van der Waals surface area (Å²) in [5, 5.41) is 11.6. The molecule has 0 aliphatic heterocycles. The lowest BCUT2D eigenvalue weighted by Gasteiger charge is -2.03. The topological polar surface area (TPSA) is 77.8 Å². The monoisotopic (exact) mass is 252 g/mol. The summed E-state index contributed by atoms with van der Waals surface area (Å²) in [6, 6.07) is 9.85. The molecule has 19 heavy (non-hydrogen) atoms. The number of hydrogen-bond acceptors (Lipinski definition) is 5. The molecule has 0 amide bonds. The standard InChI is InChI=1S/C14H12N4O/c1-9-3-2-4-10(7-9)12-13(18-19-14(12)15)11-5-6-16-17-8-11/h2-8H,15H2,1H3. The number of aryl methyl sites for hydroxylation is 1. The van der Waals surface area contributed by atoms with Crippen molar-refractivity contribution in [1.82, 2.24) is 15.4 Å². The summed E-state index contributed by atoms with van der Waals surface area (Å²) in [6.07, 6.45) is 3.25. The molecular formula is C14H12N4O. The number of hydrogen-bond donors (Lipinski definition) is 1. The van der Waals surface area contributed by atoms with Crippen LogP contribution in [0.15, 0.2) is 47.2 Å². The molecule has 0 saturated heterocycles. The van der Waals surface area contributed by atoms with Gasteiger partial charge in [-0.15, -0.1) is 0 Å². The molecule has 2 aromatic heterocycles.